The molecule has 0 aliphatic heterocycles. The number of nitrogens with zero attached hydrogens (tertiary/aromatic N) is 4. The van der Waals surface area contributed by atoms with Gasteiger partial charge in [-0.05, 0) is 25.1 Å². The Morgan fingerprint density at radius 1 is 1.05 bits per heavy atom. The number of thiazole rings is 1. The molecule has 94 valence electrons. The first-order chi connectivity index (χ1) is 9.31. The van der Waals surface area contributed by atoms with Gasteiger partial charge in [-0.25, -0.2) is 15.0 Å². The van der Waals surface area contributed by atoms with Crippen LogP contribution in [0.3, 0.4) is 0 Å². The quantitative estimate of drug-likeness (QED) is 0.791. The van der Waals surface area contributed by atoms with Crippen molar-refractivity contribution in [3.8, 4) is 10.7 Å². The van der Waals surface area contributed by atoms with Crippen LogP contribution in [-0.4, -0.2) is 19.9 Å². The van der Waals surface area contributed by atoms with Crippen LogP contribution in [0.15, 0.2) is 43.0 Å². The molecule has 0 amide bonds. The second-order valence-corrected chi connectivity index (χ2v) is 5.14. The fraction of sp³-hybridized carbons (Fsp3) is 0.0769. The molecule has 0 saturated heterocycles. The van der Waals surface area contributed by atoms with Crippen LogP contribution in [0.5, 0.6) is 0 Å². The largest absolute Gasteiger partial charge is 0.324 e. The van der Waals surface area contributed by atoms with Crippen molar-refractivity contribution in [2.75, 3.05) is 5.32 Å². The molecule has 1 N–H and O–H groups in total. The molecular formula is C13H11N5S. The van der Waals surface area contributed by atoms with Gasteiger partial charge in [0, 0.05) is 35.4 Å². The lowest BCUT2D eigenvalue weighted by molar-refractivity contribution is 1.16. The Kier molecular flexibility index (Phi) is 3.16. The second-order valence-electron chi connectivity index (χ2n) is 3.90. The Hall–Kier alpha value is -2.34. The van der Waals surface area contributed by atoms with E-state index in [4.69, 9.17) is 0 Å². The number of aryl methyl sites for hydroxylation is 1. The molecule has 0 spiro atoms. The van der Waals surface area contributed by atoms with Gasteiger partial charge in [0.25, 0.3) is 0 Å². The average molecular weight is 269 g/mol. The zero-order chi connectivity index (χ0) is 13.1. The van der Waals surface area contributed by atoms with E-state index in [1.54, 1.807) is 29.9 Å². The summed E-state index contributed by atoms with van der Waals surface area (Å²) >= 11 is 1.62. The first-order valence-electron chi connectivity index (χ1n) is 5.74. The molecular weight excluding hydrogens is 258 g/mol. The fourth-order valence-electron chi connectivity index (χ4n) is 1.58. The van der Waals surface area contributed by atoms with Gasteiger partial charge in [0.2, 0.25) is 5.95 Å². The lowest BCUT2D eigenvalue weighted by Gasteiger charge is -2.04. The molecule has 3 aromatic rings. The molecule has 3 heterocycles. The van der Waals surface area contributed by atoms with Crippen LogP contribution in [0.25, 0.3) is 10.7 Å². The minimum Gasteiger partial charge on any atom is -0.324 e. The number of hydrogen-bond donors (Lipinski definition) is 1. The van der Waals surface area contributed by atoms with E-state index >= 15 is 0 Å². The zero-order valence-electron chi connectivity index (χ0n) is 10.2. The summed E-state index contributed by atoms with van der Waals surface area (Å²) in [5.41, 5.74) is 1.73. The Balaban J connectivity index is 1.88. The van der Waals surface area contributed by atoms with Crippen molar-refractivity contribution in [3.05, 3.63) is 47.9 Å². The number of pyridine rings is 1. The highest BCUT2D eigenvalue weighted by atomic mass is 32.1. The summed E-state index contributed by atoms with van der Waals surface area (Å²) < 4.78 is 0. The van der Waals surface area contributed by atoms with Crippen molar-refractivity contribution >= 4 is 23.0 Å². The number of hydrogen-bond acceptors (Lipinski definition) is 6. The molecule has 0 unspecified atom stereocenters. The van der Waals surface area contributed by atoms with Gasteiger partial charge in [0.1, 0.15) is 10.7 Å². The van der Waals surface area contributed by atoms with E-state index in [1.165, 1.54) is 0 Å². The summed E-state index contributed by atoms with van der Waals surface area (Å²) in [5, 5.41) is 4.04. The number of nitrogens with one attached hydrogen (secondary N) is 1. The number of aromatic nitrogens is 4. The number of rotatable bonds is 3. The van der Waals surface area contributed by atoms with Gasteiger partial charge in [-0.1, -0.05) is 0 Å². The maximum absolute atomic E-state index is 4.46. The van der Waals surface area contributed by atoms with Crippen LogP contribution in [-0.2, 0) is 0 Å². The molecule has 0 aromatic carbocycles. The lowest BCUT2D eigenvalue weighted by Crippen LogP contribution is -1.97. The third-order valence-corrected chi connectivity index (χ3v) is 3.37. The molecule has 3 rings (SSSR count). The van der Waals surface area contributed by atoms with Crippen molar-refractivity contribution in [1.82, 2.24) is 19.9 Å². The standard InChI is InChI=1S/C13H11N5S/c1-9-8-16-12(19-9)11-4-7-15-13(18-11)17-10-2-5-14-6-3-10/h2-8H,1H3,(H,14,15,17,18). The first kappa shape index (κ1) is 11.7. The Bertz CT molecular complexity index is 680. The first-order valence-corrected chi connectivity index (χ1v) is 6.56. The van der Waals surface area contributed by atoms with Gasteiger partial charge in [0.05, 0.1) is 0 Å². The summed E-state index contributed by atoms with van der Waals surface area (Å²) in [5.74, 6) is 0.552. The summed E-state index contributed by atoms with van der Waals surface area (Å²) in [6, 6.07) is 5.59. The highest BCUT2D eigenvalue weighted by molar-refractivity contribution is 7.14. The van der Waals surface area contributed by atoms with Crippen molar-refractivity contribution in [1.29, 1.82) is 0 Å². The van der Waals surface area contributed by atoms with E-state index in [-0.39, 0.29) is 0 Å². The Morgan fingerprint density at radius 3 is 2.63 bits per heavy atom. The smallest absolute Gasteiger partial charge is 0.227 e. The minimum atomic E-state index is 0.552. The van der Waals surface area contributed by atoms with E-state index < -0.39 is 0 Å². The summed E-state index contributed by atoms with van der Waals surface area (Å²) in [6.07, 6.45) is 7.01. The predicted octanol–water partition coefficient (Wildman–Crippen LogP) is 3.05. The maximum atomic E-state index is 4.46. The van der Waals surface area contributed by atoms with E-state index in [2.05, 4.69) is 25.3 Å². The Labute approximate surface area is 114 Å². The normalized spacial score (nSPS) is 10.4. The fourth-order valence-corrected chi connectivity index (χ4v) is 2.31. The average Bonchev–Trinajstić information content (AvgIpc) is 2.87. The van der Waals surface area contributed by atoms with Gasteiger partial charge < -0.3 is 5.32 Å². The second kappa shape index (κ2) is 5.11. The van der Waals surface area contributed by atoms with Crippen molar-refractivity contribution < 1.29 is 0 Å². The van der Waals surface area contributed by atoms with E-state index in [1.807, 2.05) is 31.3 Å². The van der Waals surface area contributed by atoms with Crippen molar-refractivity contribution in [2.24, 2.45) is 0 Å². The summed E-state index contributed by atoms with van der Waals surface area (Å²) in [7, 11) is 0. The maximum Gasteiger partial charge on any atom is 0.227 e. The Morgan fingerprint density at radius 2 is 1.89 bits per heavy atom. The molecule has 0 aliphatic carbocycles. The van der Waals surface area contributed by atoms with Crippen LogP contribution < -0.4 is 5.32 Å². The van der Waals surface area contributed by atoms with Gasteiger partial charge in [-0.2, -0.15) is 0 Å². The number of anilines is 2. The zero-order valence-corrected chi connectivity index (χ0v) is 11.1. The monoisotopic (exact) mass is 269 g/mol. The van der Waals surface area contributed by atoms with Crippen molar-refractivity contribution in [2.45, 2.75) is 6.92 Å². The predicted molar refractivity (Wildman–Crippen MR) is 75.4 cm³/mol. The van der Waals surface area contributed by atoms with Crippen LogP contribution in [0.2, 0.25) is 0 Å². The molecule has 0 bridgehead atoms. The van der Waals surface area contributed by atoms with Gasteiger partial charge in [-0.3, -0.25) is 4.98 Å². The van der Waals surface area contributed by atoms with E-state index in [0.29, 0.717) is 5.95 Å². The summed E-state index contributed by atoms with van der Waals surface area (Å²) in [4.78, 5) is 18.1. The third-order valence-electron chi connectivity index (χ3n) is 2.43. The van der Waals surface area contributed by atoms with Gasteiger partial charge in [-0.15, -0.1) is 11.3 Å². The topological polar surface area (TPSA) is 63.6 Å². The van der Waals surface area contributed by atoms with E-state index in [9.17, 15) is 0 Å². The van der Waals surface area contributed by atoms with Crippen LogP contribution in [0, 0.1) is 6.92 Å². The van der Waals surface area contributed by atoms with Crippen LogP contribution >= 0.6 is 11.3 Å². The van der Waals surface area contributed by atoms with E-state index in [0.717, 1.165) is 21.3 Å². The SMILES string of the molecule is Cc1cnc(-c2ccnc(Nc3ccncc3)n2)s1. The molecule has 0 radical (unpaired) electrons. The molecule has 0 aliphatic rings. The van der Waals surface area contributed by atoms with Crippen molar-refractivity contribution in [3.63, 3.8) is 0 Å². The van der Waals surface area contributed by atoms with Crippen LogP contribution in [0.4, 0.5) is 11.6 Å². The van der Waals surface area contributed by atoms with Crippen LogP contribution in [0.1, 0.15) is 4.88 Å². The third kappa shape index (κ3) is 2.74. The highest BCUT2D eigenvalue weighted by Gasteiger charge is 2.06. The van der Waals surface area contributed by atoms with Gasteiger partial charge in [0.15, 0.2) is 0 Å². The molecule has 0 saturated carbocycles. The molecule has 5 nitrogen and oxygen atoms in total. The molecule has 0 atom stereocenters. The molecule has 0 fully saturated rings. The minimum absolute atomic E-state index is 0.552. The van der Waals surface area contributed by atoms with Gasteiger partial charge >= 0.3 is 0 Å². The molecule has 3 aromatic heterocycles. The summed E-state index contributed by atoms with van der Waals surface area (Å²) in [6.45, 7) is 2.03. The molecule has 6 heteroatoms. The molecule has 19 heavy (non-hydrogen) atoms. The lowest BCUT2D eigenvalue weighted by atomic mass is 10.4. The highest BCUT2D eigenvalue weighted by Crippen LogP contribution is 2.23.